The Morgan fingerprint density at radius 2 is 0.750 bits per heavy atom. The summed E-state index contributed by atoms with van der Waals surface area (Å²) in [7, 11) is -3.67. The summed E-state index contributed by atoms with van der Waals surface area (Å²) in [5.41, 5.74) is 0. The summed E-state index contributed by atoms with van der Waals surface area (Å²) in [5, 5.41) is 0. The first kappa shape index (κ1) is 66.2. The molecule has 0 aliphatic heterocycles. The van der Waals surface area contributed by atoms with Crippen molar-refractivity contribution in [3.63, 3.8) is 0 Å². The van der Waals surface area contributed by atoms with Gasteiger partial charge in [-0.3, -0.25) is 4.55 Å². The third-order valence-electron chi connectivity index (χ3n) is 0. The quantitative estimate of drug-likeness (QED) is 0.682. The Balaban J connectivity index is -0.00000000381. The highest BCUT2D eigenvalue weighted by molar-refractivity contribution is 7.85. The molecule has 0 aliphatic rings. The van der Waals surface area contributed by atoms with Crippen LogP contribution in [0.1, 0.15) is 0 Å². The molecule has 0 aromatic heterocycles. The minimum atomic E-state index is -3.67. The monoisotopic (exact) mass is 348 g/mol. The molecule has 12 heavy (non-hydrogen) atoms. The largest absolute Gasteiger partial charge is 0.286 e. The lowest BCUT2D eigenvalue weighted by atomic mass is 12.0. The molecule has 0 aliphatic carbocycles. The first-order valence-corrected chi connectivity index (χ1v) is 2.77. The van der Waals surface area contributed by atoms with Gasteiger partial charge in [-0.05, 0) is 0 Å². The molecule has 0 heterocycles. The molecule has 0 aromatic carbocycles. The number of halogens is 7. The van der Waals surface area contributed by atoms with E-state index in [9.17, 15) is 8.42 Å². The fourth-order valence-electron chi connectivity index (χ4n) is 0. The molecule has 3 nitrogen and oxygen atoms in total. The van der Waals surface area contributed by atoms with Crippen molar-refractivity contribution >= 4 is 97.0 Å². The second-order valence-electron chi connectivity index (χ2n) is 0.733. The van der Waals surface area contributed by atoms with Crippen molar-refractivity contribution in [2.24, 2.45) is 0 Å². The number of hydrogen-bond acceptors (Lipinski definition) is 2. The predicted octanol–water partition coefficient (Wildman–Crippen LogP) is 2.46. The van der Waals surface area contributed by atoms with E-state index < -0.39 is 10.1 Å². The third kappa shape index (κ3) is 380. The zero-order valence-electron chi connectivity index (χ0n) is 5.53. The van der Waals surface area contributed by atoms with Gasteiger partial charge in [0.25, 0.3) is 10.1 Å². The van der Waals surface area contributed by atoms with Gasteiger partial charge in [0.1, 0.15) is 0 Å². The topological polar surface area (TPSA) is 54.4 Å². The fraction of sp³-hybridized carbons (Fsp3) is 1.00. The van der Waals surface area contributed by atoms with Crippen molar-refractivity contribution in [2.75, 3.05) is 6.26 Å². The summed E-state index contributed by atoms with van der Waals surface area (Å²) < 4.78 is 25.9. The van der Waals surface area contributed by atoms with E-state index in [-0.39, 0.29) is 86.8 Å². The summed E-state index contributed by atoms with van der Waals surface area (Å²) in [4.78, 5) is 0. The molecule has 0 radical (unpaired) electrons. The van der Waals surface area contributed by atoms with E-state index in [0.29, 0.717) is 6.26 Å². The first-order valence-electron chi connectivity index (χ1n) is 0.924. The molecule has 0 spiro atoms. The Labute approximate surface area is 115 Å². The average molecular weight is 351 g/mol. The molecule has 0 bridgehead atoms. The Bertz CT molecular complexity index is 102. The number of hydrogen-bond donors (Lipinski definition) is 1. The predicted molar refractivity (Wildman–Crippen MR) is 68.2 cm³/mol. The van der Waals surface area contributed by atoms with Gasteiger partial charge in [-0.2, -0.15) is 8.42 Å². The van der Waals surface area contributed by atoms with Crippen LogP contribution >= 0.6 is 86.8 Å². The fourth-order valence-corrected chi connectivity index (χ4v) is 0. The van der Waals surface area contributed by atoms with Crippen LogP contribution in [0.2, 0.25) is 0 Å². The average Bonchev–Trinajstić information content (AvgIpc) is 0.722. The summed E-state index contributed by atoms with van der Waals surface area (Å²) >= 11 is 0. The lowest BCUT2D eigenvalue weighted by Gasteiger charge is -1.69. The maximum atomic E-state index is 9.19. The molecule has 11 heteroatoms. The lowest BCUT2D eigenvalue weighted by Crippen LogP contribution is -1.88. The molecule has 0 amide bonds. The van der Waals surface area contributed by atoms with E-state index in [0.717, 1.165) is 0 Å². The minimum Gasteiger partial charge on any atom is -0.286 e. The maximum Gasteiger partial charge on any atom is 0.261 e. The van der Waals surface area contributed by atoms with Crippen molar-refractivity contribution in [1.29, 1.82) is 0 Å². The van der Waals surface area contributed by atoms with Crippen LogP contribution in [-0.4, -0.2) is 19.2 Å². The van der Waals surface area contributed by atoms with E-state index in [4.69, 9.17) is 4.55 Å². The van der Waals surface area contributed by atoms with Gasteiger partial charge in [0, 0.05) is 0 Å². The van der Waals surface area contributed by atoms with Crippen molar-refractivity contribution in [3.8, 4) is 0 Å². The zero-order chi connectivity index (χ0) is 4.50. The SMILES string of the molecule is CS(=O)(=O)O.Cl.Cl.Cl.Cl.Cl.Cl.Cl. The molecule has 0 saturated heterocycles. The summed E-state index contributed by atoms with van der Waals surface area (Å²) in [6, 6.07) is 0. The Hall–Kier alpha value is 1.94. The molecule has 88 valence electrons. The highest BCUT2D eigenvalue weighted by Gasteiger charge is 1.81. The molecule has 0 atom stereocenters. The van der Waals surface area contributed by atoms with Crippen molar-refractivity contribution in [2.45, 2.75) is 0 Å². The van der Waals surface area contributed by atoms with Crippen LogP contribution in [-0.2, 0) is 10.1 Å². The maximum absolute atomic E-state index is 9.19. The van der Waals surface area contributed by atoms with Gasteiger partial charge in [-0.1, -0.05) is 0 Å². The second-order valence-corrected chi connectivity index (χ2v) is 2.20. The smallest absolute Gasteiger partial charge is 0.261 e. The van der Waals surface area contributed by atoms with Crippen LogP contribution in [0, 0.1) is 0 Å². The van der Waals surface area contributed by atoms with Crippen molar-refractivity contribution in [3.05, 3.63) is 0 Å². The van der Waals surface area contributed by atoms with Crippen LogP contribution in [0.3, 0.4) is 0 Å². The third-order valence-corrected chi connectivity index (χ3v) is 0. The van der Waals surface area contributed by atoms with E-state index in [2.05, 4.69) is 0 Å². The van der Waals surface area contributed by atoms with Gasteiger partial charge in [-0.15, -0.1) is 86.8 Å². The van der Waals surface area contributed by atoms with E-state index in [1.54, 1.807) is 0 Å². The zero-order valence-corrected chi connectivity index (χ0v) is 12.1. The Kier molecular flexibility index (Phi) is 161. The van der Waals surface area contributed by atoms with Crippen molar-refractivity contribution < 1.29 is 13.0 Å². The van der Waals surface area contributed by atoms with E-state index in [1.807, 2.05) is 0 Å². The van der Waals surface area contributed by atoms with Crippen LogP contribution in [0.5, 0.6) is 0 Å². The van der Waals surface area contributed by atoms with Crippen molar-refractivity contribution in [1.82, 2.24) is 0 Å². The van der Waals surface area contributed by atoms with Gasteiger partial charge in [0.2, 0.25) is 0 Å². The van der Waals surface area contributed by atoms with E-state index >= 15 is 0 Å². The molecule has 0 saturated carbocycles. The summed E-state index contributed by atoms with van der Waals surface area (Å²) in [6.45, 7) is 0. The molecular formula is CH11Cl7O3S. The van der Waals surface area contributed by atoms with Gasteiger partial charge < -0.3 is 0 Å². The van der Waals surface area contributed by atoms with Gasteiger partial charge >= 0.3 is 0 Å². The van der Waals surface area contributed by atoms with Gasteiger partial charge in [0.15, 0.2) is 0 Å². The number of rotatable bonds is 0. The molecule has 0 aromatic rings. The molecule has 1 N–H and O–H groups in total. The van der Waals surface area contributed by atoms with Crippen LogP contribution in [0.4, 0.5) is 0 Å². The molecular weight excluding hydrogens is 340 g/mol. The van der Waals surface area contributed by atoms with E-state index in [1.165, 1.54) is 0 Å². The van der Waals surface area contributed by atoms with Crippen LogP contribution in [0.25, 0.3) is 0 Å². The molecule has 0 fully saturated rings. The summed E-state index contributed by atoms with van der Waals surface area (Å²) in [5.74, 6) is 0. The normalized spacial score (nSPS) is 4.83. The standard InChI is InChI=1S/CH4O3S.7ClH/c1-5(2,3)4;;;;;;;/h1H3,(H,2,3,4);7*1H. The molecule has 0 rings (SSSR count). The van der Waals surface area contributed by atoms with Gasteiger partial charge in [0.05, 0.1) is 6.26 Å². The Morgan fingerprint density at radius 3 is 0.750 bits per heavy atom. The summed E-state index contributed by atoms with van der Waals surface area (Å²) in [6.07, 6.45) is 0.715. The van der Waals surface area contributed by atoms with Crippen LogP contribution in [0.15, 0.2) is 0 Å². The Morgan fingerprint density at radius 1 is 0.750 bits per heavy atom. The lowest BCUT2D eigenvalue weighted by molar-refractivity contribution is 0.490. The van der Waals surface area contributed by atoms with Crippen LogP contribution < -0.4 is 0 Å². The minimum absolute atomic E-state index is 0. The highest BCUT2D eigenvalue weighted by atomic mass is 35.5. The second kappa shape index (κ2) is 29.3. The highest BCUT2D eigenvalue weighted by Crippen LogP contribution is 1.60. The first-order chi connectivity index (χ1) is 2.00. The van der Waals surface area contributed by atoms with Gasteiger partial charge in [-0.25, -0.2) is 0 Å². The molecule has 0 unspecified atom stereocenters.